The van der Waals surface area contributed by atoms with E-state index in [0.29, 0.717) is 29.4 Å². The molecule has 0 aliphatic carbocycles. The number of anilines is 1. The first-order valence-electron chi connectivity index (χ1n) is 12.6. The lowest BCUT2D eigenvalue weighted by Gasteiger charge is -2.15. The van der Waals surface area contributed by atoms with Gasteiger partial charge in [-0.15, -0.1) is 0 Å². The minimum Gasteiger partial charge on any atom is -0.477 e. The number of nitrogen functional groups attached to an aromatic ring is 1. The fourth-order valence-corrected chi connectivity index (χ4v) is 3.72. The summed E-state index contributed by atoms with van der Waals surface area (Å²) < 4.78 is 5.82. The summed E-state index contributed by atoms with van der Waals surface area (Å²) >= 11 is 0. The molecule has 1 amide bonds. The molecule has 3 aromatic heterocycles. The molecule has 1 unspecified atom stereocenters. The van der Waals surface area contributed by atoms with Crippen LogP contribution in [0.4, 0.5) is 5.69 Å². The lowest BCUT2D eigenvalue weighted by atomic mass is 9.94. The second-order valence-electron chi connectivity index (χ2n) is 8.97. The van der Waals surface area contributed by atoms with E-state index in [1.165, 1.54) is 19.1 Å². The number of primary amides is 1. The Morgan fingerprint density at radius 3 is 2.61 bits per heavy atom. The maximum absolute atomic E-state index is 12.2. The van der Waals surface area contributed by atoms with Crippen molar-refractivity contribution in [1.82, 2.24) is 20.2 Å². The summed E-state index contributed by atoms with van der Waals surface area (Å²) in [5.41, 5.74) is 16.4. The molecule has 0 aliphatic rings. The van der Waals surface area contributed by atoms with E-state index in [1.54, 1.807) is 36.5 Å². The normalized spacial score (nSPS) is 11.7. The molecule has 198 valence electrons. The number of H-pyrrole nitrogens is 1. The molecular formula is C29H35N7O2. The first-order chi connectivity index (χ1) is 18.3. The van der Waals surface area contributed by atoms with E-state index in [0.717, 1.165) is 22.0 Å². The number of pyridine rings is 2. The quantitative estimate of drug-likeness (QED) is 0.210. The van der Waals surface area contributed by atoms with E-state index in [2.05, 4.69) is 34.0 Å². The Morgan fingerprint density at radius 2 is 1.92 bits per heavy atom. The second kappa shape index (κ2) is 13.1. The van der Waals surface area contributed by atoms with Crippen molar-refractivity contribution in [3.05, 3.63) is 66.0 Å². The predicted molar refractivity (Wildman–Crippen MR) is 153 cm³/mol. The highest BCUT2D eigenvalue weighted by molar-refractivity contribution is 6.05. The van der Waals surface area contributed by atoms with Crippen molar-refractivity contribution in [2.24, 2.45) is 11.7 Å². The number of nitrogens with two attached hydrogens (primary N) is 2. The van der Waals surface area contributed by atoms with Gasteiger partial charge in [-0.3, -0.25) is 9.89 Å². The van der Waals surface area contributed by atoms with Crippen LogP contribution in [0.1, 0.15) is 49.7 Å². The van der Waals surface area contributed by atoms with Gasteiger partial charge in [0.25, 0.3) is 5.91 Å². The lowest BCUT2D eigenvalue weighted by Crippen LogP contribution is -2.17. The molecule has 0 saturated carbocycles. The van der Waals surface area contributed by atoms with Crippen molar-refractivity contribution in [2.45, 2.75) is 40.5 Å². The zero-order valence-corrected chi connectivity index (χ0v) is 22.3. The van der Waals surface area contributed by atoms with Gasteiger partial charge in [0.1, 0.15) is 0 Å². The number of carbonyl (C=O) groups excluding carboxylic acids is 1. The smallest absolute Gasteiger partial charge is 0.269 e. The first kappa shape index (κ1) is 28.0. The highest BCUT2D eigenvalue weighted by Crippen LogP contribution is 2.37. The molecule has 3 heterocycles. The number of hydrogen-bond acceptors (Lipinski definition) is 7. The third-order valence-electron chi connectivity index (χ3n) is 5.91. The van der Waals surface area contributed by atoms with E-state index < -0.39 is 5.91 Å². The van der Waals surface area contributed by atoms with Crippen LogP contribution in [0.15, 0.2) is 54.7 Å². The summed E-state index contributed by atoms with van der Waals surface area (Å²) in [6, 6.07) is 11.0. The molecular weight excluding hydrogens is 478 g/mol. The number of benzene rings is 1. The molecule has 38 heavy (non-hydrogen) atoms. The Bertz CT molecular complexity index is 1440. The highest BCUT2D eigenvalue weighted by atomic mass is 16.5. The molecule has 0 fully saturated rings. The Labute approximate surface area is 222 Å². The van der Waals surface area contributed by atoms with Crippen molar-refractivity contribution in [3.8, 4) is 28.4 Å². The maximum atomic E-state index is 12.2. The minimum atomic E-state index is -0.725. The number of aryl methyl sites for hydroxylation is 1. The fourth-order valence-electron chi connectivity index (χ4n) is 3.72. The lowest BCUT2D eigenvalue weighted by molar-refractivity contribution is 0.0996. The molecule has 0 spiro atoms. The molecule has 0 radical (unpaired) electrons. The Kier molecular flexibility index (Phi) is 9.70. The fraction of sp³-hybridized carbons (Fsp3) is 0.276. The van der Waals surface area contributed by atoms with Gasteiger partial charge in [0.05, 0.1) is 35.4 Å². The molecule has 0 bridgehead atoms. The van der Waals surface area contributed by atoms with Gasteiger partial charge in [0, 0.05) is 29.1 Å². The van der Waals surface area contributed by atoms with Crippen LogP contribution in [0, 0.1) is 18.3 Å². The van der Waals surface area contributed by atoms with Crippen molar-refractivity contribution in [1.29, 1.82) is 5.41 Å². The number of rotatable bonds is 9. The Hall–Kier alpha value is -4.53. The van der Waals surface area contributed by atoms with Crippen molar-refractivity contribution < 1.29 is 9.53 Å². The van der Waals surface area contributed by atoms with Gasteiger partial charge in [-0.1, -0.05) is 51.8 Å². The number of ether oxygens (including phenoxy) is 1. The number of amides is 1. The second-order valence-corrected chi connectivity index (χ2v) is 8.97. The van der Waals surface area contributed by atoms with Crippen LogP contribution in [0.25, 0.3) is 33.4 Å². The Morgan fingerprint density at radius 1 is 1.16 bits per heavy atom. The highest BCUT2D eigenvalue weighted by Gasteiger charge is 2.20. The van der Waals surface area contributed by atoms with E-state index in [4.69, 9.17) is 21.6 Å². The van der Waals surface area contributed by atoms with Gasteiger partial charge >= 0.3 is 0 Å². The number of fused-ring (bicyclic) bond motifs is 1. The first-order valence-corrected chi connectivity index (χ1v) is 12.6. The van der Waals surface area contributed by atoms with Crippen LogP contribution in [-0.2, 0) is 0 Å². The van der Waals surface area contributed by atoms with Crippen LogP contribution in [0.3, 0.4) is 0 Å². The van der Waals surface area contributed by atoms with E-state index in [1.807, 2.05) is 32.1 Å². The summed E-state index contributed by atoms with van der Waals surface area (Å²) in [5, 5.41) is 15.1. The molecule has 4 rings (SSSR count). The molecule has 1 atom stereocenters. The number of hydrogen-bond donors (Lipinski definition) is 4. The van der Waals surface area contributed by atoms with Crippen molar-refractivity contribution in [3.63, 3.8) is 0 Å². The van der Waals surface area contributed by atoms with E-state index >= 15 is 0 Å². The molecule has 6 N–H and O–H groups in total. The minimum absolute atomic E-state index is 0.0223. The standard InChI is InChI=1S/C25H25N7O2.C4H10/c1-14(5-4-10-26)13-34-21-7-3-6-19(30-21)20-11-16(23(27)24(31-20)25(28)33)22-15(2)8-9-18-17(22)12-29-32-18;1-3-4-2/h3-12,14,26H,13,27H2,1-2H3,(H2,28,33)(H,29,32);3-4H2,1-2H3/b5-4-,26-10?;. The van der Waals surface area contributed by atoms with Gasteiger partial charge in [0.2, 0.25) is 5.88 Å². The summed E-state index contributed by atoms with van der Waals surface area (Å²) in [4.78, 5) is 21.2. The largest absolute Gasteiger partial charge is 0.477 e. The Balaban J connectivity index is 0.000000934. The summed E-state index contributed by atoms with van der Waals surface area (Å²) in [5.74, 6) is -0.202. The van der Waals surface area contributed by atoms with E-state index in [-0.39, 0.29) is 17.3 Å². The van der Waals surface area contributed by atoms with Crippen LogP contribution in [0.2, 0.25) is 0 Å². The number of nitrogens with one attached hydrogen (secondary N) is 2. The third kappa shape index (κ3) is 6.61. The number of aromatic nitrogens is 4. The molecule has 9 nitrogen and oxygen atoms in total. The number of carbonyl (C=O) groups is 1. The zero-order chi connectivity index (χ0) is 27.7. The summed E-state index contributed by atoms with van der Waals surface area (Å²) in [6.07, 6.45) is 9.12. The molecule has 0 aliphatic heterocycles. The van der Waals surface area contributed by atoms with Crippen LogP contribution >= 0.6 is 0 Å². The average Bonchev–Trinajstić information content (AvgIpc) is 3.40. The van der Waals surface area contributed by atoms with Crippen LogP contribution in [0.5, 0.6) is 5.88 Å². The van der Waals surface area contributed by atoms with Crippen LogP contribution in [-0.4, -0.2) is 38.9 Å². The number of allylic oxidation sites excluding steroid dienone is 1. The van der Waals surface area contributed by atoms with Crippen molar-refractivity contribution >= 4 is 28.7 Å². The van der Waals surface area contributed by atoms with Gasteiger partial charge in [0.15, 0.2) is 5.69 Å². The van der Waals surface area contributed by atoms with E-state index in [9.17, 15) is 4.79 Å². The van der Waals surface area contributed by atoms with Gasteiger partial charge in [-0.25, -0.2) is 9.97 Å². The monoisotopic (exact) mass is 513 g/mol. The van der Waals surface area contributed by atoms with Gasteiger partial charge in [-0.2, -0.15) is 5.10 Å². The number of unbranched alkanes of at least 4 members (excludes halogenated alkanes) is 1. The molecule has 1 aromatic carbocycles. The molecule has 0 saturated heterocycles. The van der Waals surface area contributed by atoms with Crippen LogP contribution < -0.4 is 16.2 Å². The molecule has 9 heteroatoms. The topological polar surface area (TPSA) is 157 Å². The average molecular weight is 514 g/mol. The zero-order valence-electron chi connectivity index (χ0n) is 22.3. The summed E-state index contributed by atoms with van der Waals surface area (Å²) in [7, 11) is 0. The number of aromatic amines is 1. The predicted octanol–water partition coefficient (Wildman–Crippen LogP) is 5.70. The maximum Gasteiger partial charge on any atom is 0.269 e. The van der Waals surface area contributed by atoms with Crippen molar-refractivity contribution in [2.75, 3.05) is 12.3 Å². The van der Waals surface area contributed by atoms with Gasteiger partial charge < -0.3 is 21.6 Å². The SMILES string of the molecule is CCCC.Cc1ccc2[nH]ncc2c1-c1cc(-c2cccc(OCC(C)/C=C\C=N)n2)nc(C(N)=O)c1N. The van der Waals surface area contributed by atoms with Gasteiger partial charge in [-0.05, 0) is 42.3 Å². The third-order valence-corrected chi connectivity index (χ3v) is 5.91. The number of nitrogens with zero attached hydrogens (tertiary/aromatic N) is 3. The summed E-state index contributed by atoms with van der Waals surface area (Å²) in [6.45, 7) is 8.71. The molecule has 4 aromatic rings.